The molecule has 1 fully saturated rings. The molecular formula is C19H15ClF9N5O3S. The van der Waals surface area contributed by atoms with Gasteiger partial charge in [-0.1, -0.05) is 11.6 Å². The van der Waals surface area contributed by atoms with Crippen molar-refractivity contribution in [1.29, 1.82) is 0 Å². The molecule has 8 nitrogen and oxygen atoms in total. The van der Waals surface area contributed by atoms with Gasteiger partial charge in [0.15, 0.2) is 11.4 Å². The van der Waals surface area contributed by atoms with E-state index in [1.54, 1.807) is 0 Å². The van der Waals surface area contributed by atoms with Gasteiger partial charge in [-0.25, -0.2) is 18.5 Å². The quantitative estimate of drug-likeness (QED) is 0.248. The zero-order valence-corrected chi connectivity index (χ0v) is 20.2. The van der Waals surface area contributed by atoms with Crippen LogP contribution in [0.25, 0.3) is 16.3 Å². The van der Waals surface area contributed by atoms with Crippen molar-refractivity contribution in [3.8, 4) is 22.1 Å². The van der Waals surface area contributed by atoms with Crippen LogP contribution in [0.3, 0.4) is 0 Å². The van der Waals surface area contributed by atoms with Crippen LogP contribution in [0.5, 0.6) is 5.88 Å². The summed E-state index contributed by atoms with van der Waals surface area (Å²) in [5.41, 5.74) is -1.43. The molecular weight excluding hydrogens is 585 g/mol. The third kappa shape index (κ3) is 6.19. The van der Waals surface area contributed by atoms with E-state index in [4.69, 9.17) is 11.6 Å². The summed E-state index contributed by atoms with van der Waals surface area (Å²) < 4.78 is 126. The van der Waals surface area contributed by atoms with E-state index in [-0.39, 0.29) is 15.9 Å². The summed E-state index contributed by atoms with van der Waals surface area (Å²) >= 11 is 7.17. The Morgan fingerprint density at radius 3 is 2.42 bits per heavy atom. The van der Waals surface area contributed by atoms with Crippen molar-refractivity contribution in [3.63, 3.8) is 0 Å². The lowest BCUT2D eigenvalue weighted by Crippen LogP contribution is -2.41. The summed E-state index contributed by atoms with van der Waals surface area (Å²) in [5.74, 6) is -2.89. The molecule has 0 radical (unpaired) electrons. The molecule has 3 aromatic heterocycles. The van der Waals surface area contributed by atoms with Crippen LogP contribution in [0.1, 0.15) is 30.2 Å². The number of ether oxygens (including phenoxy) is 2. The second-order valence-corrected chi connectivity index (χ2v) is 9.68. The van der Waals surface area contributed by atoms with Crippen LogP contribution >= 0.6 is 22.9 Å². The van der Waals surface area contributed by atoms with E-state index in [9.17, 15) is 44.6 Å². The number of nitrogens with one attached hydrogen (secondary N) is 1. The van der Waals surface area contributed by atoms with Gasteiger partial charge in [0, 0.05) is 35.3 Å². The van der Waals surface area contributed by atoms with Crippen molar-refractivity contribution in [2.45, 2.75) is 50.1 Å². The maximum Gasteiger partial charge on any atom is 0.525 e. The Hall–Kier alpha value is -2.54. The average molecular weight is 600 g/mol. The number of hydrogen-bond donors (Lipinski definition) is 2. The minimum absolute atomic E-state index is 0.134. The van der Waals surface area contributed by atoms with Crippen LogP contribution in [-0.4, -0.2) is 49.5 Å². The molecule has 1 saturated carbocycles. The molecule has 0 saturated heterocycles. The molecule has 3 aromatic rings. The fourth-order valence-corrected chi connectivity index (χ4v) is 4.57. The number of aromatic nitrogens is 4. The summed E-state index contributed by atoms with van der Waals surface area (Å²) in [7, 11) is 0.885. The number of rotatable bonds is 9. The molecule has 0 bridgehead atoms. The minimum Gasteiger partial charge on any atom is -0.408 e. The van der Waals surface area contributed by atoms with E-state index >= 15 is 0 Å². The highest BCUT2D eigenvalue weighted by Gasteiger charge is 2.53. The Labute approximate surface area is 215 Å². The van der Waals surface area contributed by atoms with Crippen LogP contribution in [0.2, 0.25) is 4.34 Å². The number of nitrogens with zero attached hydrogens (tertiary/aromatic N) is 4. The molecule has 3 heterocycles. The molecule has 210 valence electrons. The second-order valence-electron chi connectivity index (χ2n) is 8.03. The summed E-state index contributed by atoms with van der Waals surface area (Å²) in [4.78, 5) is 0.385. The number of alkyl halides is 9. The predicted molar refractivity (Wildman–Crippen MR) is 112 cm³/mol. The van der Waals surface area contributed by atoms with Crippen molar-refractivity contribution in [1.82, 2.24) is 24.9 Å². The van der Waals surface area contributed by atoms with Crippen molar-refractivity contribution >= 4 is 22.9 Å². The first kappa shape index (κ1) is 28.5. The molecule has 1 aliphatic rings. The number of hydrogen-bond acceptors (Lipinski definition) is 7. The Morgan fingerprint density at radius 2 is 1.84 bits per heavy atom. The van der Waals surface area contributed by atoms with Gasteiger partial charge < -0.3 is 9.84 Å². The monoisotopic (exact) mass is 599 g/mol. The highest BCUT2D eigenvalue weighted by atomic mass is 35.5. The Bertz CT molecular complexity index is 1300. The molecule has 0 aliphatic heterocycles. The van der Waals surface area contributed by atoms with Crippen LogP contribution in [0.15, 0.2) is 18.5 Å². The number of aryl methyl sites for hydroxylation is 1. The lowest BCUT2D eigenvalue weighted by Gasteiger charge is -2.21. The largest absolute Gasteiger partial charge is 0.525 e. The van der Waals surface area contributed by atoms with E-state index in [0.29, 0.717) is 19.8 Å². The van der Waals surface area contributed by atoms with E-state index < -0.39 is 48.5 Å². The lowest BCUT2D eigenvalue weighted by molar-refractivity contribution is -0.411. The highest BCUT2D eigenvalue weighted by Crippen LogP contribution is 2.43. The third-order valence-electron chi connectivity index (χ3n) is 5.07. The first-order valence-corrected chi connectivity index (χ1v) is 11.5. The normalized spacial score (nSPS) is 16.6. The second kappa shape index (κ2) is 9.89. The van der Waals surface area contributed by atoms with Crippen molar-refractivity contribution in [3.05, 3.63) is 33.9 Å². The average Bonchev–Trinajstić information content (AvgIpc) is 3.14. The van der Waals surface area contributed by atoms with Crippen molar-refractivity contribution in [2.24, 2.45) is 7.05 Å². The van der Waals surface area contributed by atoms with Gasteiger partial charge in [0.2, 0.25) is 0 Å². The first-order valence-electron chi connectivity index (χ1n) is 10.3. The predicted octanol–water partition coefficient (Wildman–Crippen LogP) is 5.55. The summed E-state index contributed by atoms with van der Waals surface area (Å²) in [6.07, 6.45) is -18.5. The summed E-state index contributed by atoms with van der Waals surface area (Å²) in [6, 6.07) is 1.62. The molecule has 1 aliphatic carbocycles. The van der Waals surface area contributed by atoms with Gasteiger partial charge in [-0.3, -0.25) is 5.32 Å². The fraction of sp³-hybridized carbons (Fsp3) is 0.474. The smallest absolute Gasteiger partial charge is 0.408 e. The van der Waals surface area contributed by atoms with Gasteiger partial charge in [0.05, 0.1) is 6.20 Å². The molecule has 4 rings (SSSR count). The zero-order valence-electron chi connectivity index (χ0n) is 18.6. The van der Waals surface area contributed by atoms with E-state index in [0.717, 1.165) is 43.6 Å². The molecule has 2 N–H and O–H groups in total. The van der Waals surface area contributed by atoms with Crippen LogP contribution in [0, 0.1) is 0 Å². The molecule has 2 atom stereocenters. The first-order chi connectivity index (χ1) is 17.5. The van der Waals surface area contributed by atoms with Gasteiger partial charge >= 0.3 is 25.0 Å². The maximum absolute atomic E-state index is 13.9. The molecule has 0 aromatic carbocycles. The van der Waals surface area contributed by atoms with Gasteiger partial charge in [0.1, 0.15) is 10.6 Å². The van der Waals surface area contributed by atoms with Crippen LogP contribution in [0.4, 0.5) is 39.5 Å². The summed E-state index contributed by atoms with van der Waals surface area (Å²) in [5, 5.41) is 20.2. The topological polar surface area (TPSA) is 86.4 Å². The SMILES string of the molecule is Cn1nc(OC(F)(F)C(F)OC(F)(F)F)c(C(F)(F)F)c1-n1cc(-c2cc(C(O)NC3CC3)c(Cl)s2)cn1. The van der Waals surface area contributed by atoms with Crippen molar-refractivity contribution < 1.29 is 54.1 Å². The van der Waals surface area contributed by atoms with Gasteiger partial charge in [0.25, 0.3) is 5.88 Å². The van der Waals surface area contributed by atoms with Gasteiger partial charge in [-0.2, -0.15) is 27.1 Å². The Kier molecular flexibility index (Phi) is 7.41. The standard InChI is InChI=1S/C19H15ClF9N5O3S/c1-33-15(11(17(22,23)24)14(32-33)36-18(25,26)16(21)37-19(27,28)29)34-6-7(5-30-34)10-4-9(12(20)38-10)13(35)31-8-2-3-8/h4-6,8,13,16,31,35H,2-3H2,1H3. The van der Waals surface area contributed by atoms with E-state index in [2.05, 4.69) is 25.0 Å². The maximum atomic E-state index is 13.9. The molecule has 0 spiro atoms. The molecule has 38 heavy (non-hydrogen) atoms. The molecule has 19 heteroatoms. The zero-order chi connectivity index (χ0) is 28.2. The van der Waals surface area contributed by atoms with E-state index in [1.807, 2.05) is 0 Å². The molecule has 0 amide bonds. The molecule has 2 unspecified atom stereocenters. The summed E-state index contributed by atoms with van der Waals surface area (Å²) in [6.45, 7) is 0. The fourth-order valence-electron chi connectivity index (χ4n) is 3.27. The van der Waals surface area contributed by atoms with E-state index in [1.165, 1.54) is 6.07 Å². The van der Waals surface area contributed by atoms with Crippen LogP contribution in [-0.2, 0) is 18.0 Å². The van der Waals surface area contributed by atoms with Gasteiger partial charge in [-0.05, 0) is 18.9 Å². The highest BCUT2D eigenvalue weighted by molar-refractivity contribution is 7.19. The number of aliphatic hydroxyl groups is 1. The number of aliphatic hydroxyl groups excluding tert-OH is 1. The van der Waals surface area contributed by atoms with Gasteiger partial charge in [-0.15, -0.1) is 29.6 Å². The Balaban J connectivity index is 1.66. The third-order valence-corrected chi connectivity index (χ3v) is 6.50. The Morgan fingerprint density at radius 1 is 1.18 bits per heavy atom. The lowest BCUT2D eigenvalue weighted by atomic mass is 10.2. The number of halogens is 10. The number of thiophene rings is 1. The minimum atomic E-state index is -5.87. The van der Waals surface area contributed by atoms with Crippen LogP contribution < -0.4 is 10.1 Å². The van der Waals surface area contributed by atoms with Crippen molar-refractivity contribution in [2.75, 3.05) is 0 Å².